The molecule has 3 aliphatic carbocycles. The first-order valence-electron chi connectivity index (χ1n) is 36.5. The van der Waals surface area contributed by atoms with E-state index in [0.29, 0.717) is 123 Å². The normalized spacial score (nSPS) is 21.2. The van der Waals surface area contributed by atoms with Crippen LogP contribution >= 0.6 is 0 Å². The lowest BCUT2D eigenvalue weighted by Gasteiger charge is -2.31. The first-order chi connectivity index (χ1) is 53.0. The topological polar surface area (TPSA) is 429 Å². The summed E-state index contributed by atoms with van der Waals surface area (Å²) in [6.07, 6.45) is 4.16. The number of esters is 4. The van der Waals surface area contributed by atoms with Gasteiger partial charge in [-0.15, -0.1) is 0 Å². The van der Waals surface area contributed by atoms with Crippen molar-refractivity contribution in [3.8, 4) is 34.2 Å². The SMILES string of the molecule is CC[C@@]1(O)C(=O)OCc2c1cc1n(c2=O)Cc2c-1nc1cc(F)c(C)c3c1c2C(N)CC3.CC[C@@]1(O)C(=O)OCc2c1cc1n(c2=O)Cc2c-1nc1cc(F)c(C)c3c1c2[C@@H](NC(=O)CO)CC3.CC[C@@]1(O)C(=O)OCc2c1cc1n(c2=O)Cc2c-1nc1cc(F)c(C)c3c1c2[C@@H](NC(=O)COC(C)=O)CC3.CS(=O)(=O)O. The number of rotatable bonds is 8. The summed E-state index contributed by atoms with van der Waals surface area (Å²) in [6.45, 7) is 10.1. The first-order valence-corrected chi connectivity index (χ1v) is 38.3. The summed E-state index contributed by atoms with van der Waals surface area (Å²) in [5.74, 6) is -5.10. The van der Waals surface area contributed by atoms with E-state index in [0.717, 1.165) is 55.1 Å². The van der Waals surface area contributed by atoms with Gasteiger partial charge in [-0.3, -0.25) is 33.3 Å². The molecule has 3 aromatic carbocycles. The fraction of sp³-hybridized carbons (Fsp3) is 0.392. The van der Waals surface area contributed by atoms with Crippen molar-refractivity contribution in [3.63, 3.8) is 0 Å². The molecule has 6 aliphatic heterocycles. The van der Waals surface area contributed by atoms with Gasteiger partial charge < -0.3 is 69.4 Å². The number of hydrogen-bond donors (Lipinski definition) is 8. The standard InChI is InChI=1S/C28H26FN3O7.C26H24FN3O6.C24H22FN3O4.CH4O3S/c1-4-28(37)17-7-21-25-15(9-32(21)26(35)16(17)10-39-27(28)36)24-19(30-22(34)11-38-13(3)33)6-5-14-12(2)18(29)8-20(31-25)23(14)24;1-3-26(35)15-6-19-23-13(8-30(19)24(33)14(15)10-36-25(26)34)22-17(28-20(32)9-31)5-4-12-11(2)16(27)7-18(29-23)21(12)22;1-3-24(31)14-6-18-21-12(8-28(18)22(29)13(14)9-32-23(24)30)19-16(26)5-4-11-10(2)15(25)7-17(27-21)20(11)19;1-5(2,3)4/h7-8,19,37H,4-6,9-11H2,1-3H3,(H,30,34);6-7,17,31,35H,3-5,8-10H2,1-2H3,(H,28,32);6-7,16,31H,3-5,8-9,26H2,1-2H3;1H3,(H,2,3,4)/t19-,28-;17-,26-;16?,24-;/m000./s1. The van der Waals surface area contributed by atoms with Crippen molar-refractivity contribution < 1.29 is 94.3 Å². The largest absolute Gasteiger partial charge is 0.458 e. The smallest absolute Gasteiger partial charge is 0.343 e. The van der Waals surface area contributed by atoms with Crippen molar-refractivity contribution in [1.29, 1.82) is 0 Å². The number of amides is 2. The van der Waals surface area contributed by atoms with Gasteiger partial charge in [0.05, 0.1) is 105 Å². The van der Waals surface area contributed by atoms with Gasteiger partial charge in [0.1, 0.15) is 43.9 Å². The van der Waals surface area contributed by atoms with Crippen LogP contribution in [0.2, 0.25) is 0 Å². The Morgan fingerprint density at radius 2 is 0.848 bits per heavy atom. The van der Waals surface area contributed by atoms with Crippen LogP contribution in [-0.4, -0.2) is 117 Å². The number of aryl methyl sites for hydroxylation is 3. The monoisotopic (exact) mass is 1560 g/mol. The summed E-state index contributed by atoms with van der Waals surface area (Å²) in [6, 6.07) is 7.79. The van der Waals surface area contributed by atoms with Crippen LogP contribution in [0.4, 0.5) is 13.2 Å². The number of pyridine rings is 6. The Hall–Kier alpha value is -10.9. The lowest BCUT2D eigenvalue weighted by molar-refractivity contribution is -0.172. The summed E-state index contributed by atoms with van der Waals surface area (Å²) in [7, 11) is -3.67. The number of aromatic nitrogens is 6. The Morgan fingerprint density at radius 1 is 0.536 bits per heavy atom. The van der Waals surface area contributed by atoms with Gasteiger partial charge in [-0.1, -0.05) is 20.8 Å². The summed E-state index contributed by atoms with van der Waals surface area (Å²) in [5, 5.41) is 50.7. The Labute approximate surface area is 634 Å². The molecule has 0 bridgehead atoms. The highest BCUT2D eigenvalue weighted by Crippen LogP contribution is 2.50. The van der Waals surface area contributed by atoms with Crippen molar-refractivity contribution in [2.75, 3.05) is 19.5 Å². The number of cyclic esters (lactones) is 3. The second-order valence-corrected chi connectivity index (χ2v) is 31.0. The maximum absolute atomic E-state index is 15.0. The number of halogens is 3. The van der Waals surface area contributed by atoms with E-state index in [4.69, 9.17) is 44.2 Å². The summed E-state index contributed by atoms with van der Waals surface area (Å²) in [5.41, 5.74) is 13.7. The lowest BCUT2D eigenvalue weighted by Crippen LogP contribution is -2.44. The van der Waals surface area contributed by atoms with E-state index in [1.165, 1.54) is 34.3 Å². The molecule has 0 fully saturated rings. The van der Waals surface area contributed by atoms with Gasteiger partial charge in [-0.2, -0.15) is 8.42 Å². The van der Waals surface area contributed by atoms with Crippen molar-refractivity contribution in [2.45, 2.75) is 181 Å². The molecule has 1 unspecified atom stereocenters. The number of carbonyl (C=O) groups is 6. The van der Waals surface area contributed by atoms with Crippen LogP contribution in [0.5, 0.6) is 0 Å². The zero-order chi connectivity index (χ0) is 80.3. The molecule has 0 spiro atoms. The van der Waals surface area contributed by atoms with Gasteiger partial charge in [0.25, 0.3) is 32.7 Å². The highest BCUT2D eigenvalue weighted by Gasteiger charge is 2.50. The number of fused-ring (bicyclic) bond motifs is 15. The Balaban J connectivity index is 0.000000129. The third kappa shape index (κ3) is 11.9. The van der Waals surface area contributed by atoms with Crippen LogP contribution in [0, 0.1) is 38.2 Å². The van der Waals surface area contributed by atoms with Crippen molar-refractivity contribution in [2.24, 2.45) is 5.73 Å². The minimum Gasteiger partial charge on any atom is -0.458 e. The molecule has 112 heavy (non-hydrogen) atoms. The number of nitrogens with zero attached hydrogens (tertiary/aromatic N) is 6. The molecule has 6 atom stereocenters. The Bertz CT molecular complexity index is 6110. The molecule has 9 N–H and O–H groups in total. The summed E-state index contributed by atoms with van der Waals surface area (Å²) in [4.78, 5) is 128. The highest BCUT2D eigenvalue weighted by molar-refractivity contribution is 7.85. The number of carbonyl (C=O) groups excluding carboxylic acids is 6. The molecule has 2 amide bonds. The van der Waals surface area contributed by atoms with Crippen LogP contribution in [0.3, 0.4) is 0 Å². The Kier molecular flexibility index (Phi) is 18.7. The number of hydrogen-bond acceptors (Lipinski definition) is 23. The summed E-state index contributed by atoms with van der Waals surface area (Å²) >= 11 is 0. The second kappa shape index (κ2) is 27.5. The van der Waals surface area contributed by atoms with Crippen LogP contribution in [0.15, 0.2) is 50.8 Å². The zero-order valence-electron chi connectivity index (χ0n) is 61.9. The molecule has 29 nitrogen and oxygen atoms in total. The van der Waals surface area contributed by atoms with E-state index in [-0.39, 0.29) is 110 Å². The van der Waals surface area contributed by atoms with E-state index in [1.54, 1.807) is 64.3 Å². The minimum absolute atomic E-state index is 0.00920. The minimum atomic E-state index is -3.67. The highest BCUT2D eigenvalue weighted by atomic mass is 32.2. The first kappa shape index (κ1) is 76.4. The number of aliphatic hydroxyl groups excluding tert-OH is 1. The quantitative estimate of drug-likeness (QED) is 0.0506. The average molecular weight is 1560 g/mol. The van der Waals surface area contributed by atoms with Crippen LogP contribution < -0.4 is 33.0 Å². The van der Waals surface area contributed by atoms with E-state index in [2.05, 4.69) is 10.6 Å². The van der Waals surface area contributed by atoms with Crippen molar-refractivity contribution in [1.82, 2.24) is 39.3 Å². The van der Waals surface area contributed by atoms with Crippen molar-refractivity contribution in [3.05, 3.63) is 185 Å². The maximum atomic E-state index is 15.0. The number of aliphatic hydroxyl groups is 4. The van der Waals surface area contributed by atoms with Gasteiger partial charge in [-0.05, 0) is 147 Å². The zero-order valence-corrected chi connectivity index (χ0v) is 62.7. The van der Waals surface area contributed by atoms with Gasteiger partial charge in [-0.25, -0.2) is 42.5 Å². The lowest BCUT2D eigenvalue weighted by atomic mass is 9.81. The van der Waals surface area contributed by atoms with E-state index in [9.17, 15) is 85.2 Å². The number of nitrogens with two attached hydrogens (primary N) is 1. The molecule has 0 saturated carbocycles. The molecule has 9 aromatic rings. The van der Waals surface area contributed by atoms with Crippen LogP contribution in [-0.2, 0) is 133 Å². The van der Waals surface area contributed by atoms with Crippen LogP contribution in [0.25, 0.3) is 66.9 Å². The van der Waals surface area contributed by atoms with Gasteiger partial charge >= 0.3 is 23.9 Å². The number of ether oxygens (including phenoxy) is 4. The fourth-order valence-corrected chi connectivity index (χ4v) is 17.6. The van der Waals surface area contributed by atoms with E-state index >= 15 is 0 Å². The maximum Gasteiger partial charge on any atom is 0.343 e. The molecule has 12 heterocycles. The van der Waals surface area contributed by atoms with Crippen LogP contribution in [0.1, 0.15) is 184 Å². The predicted octanol–water partition coefficient (Wildman–Crippen LogP) is 5.79. The average Bonchev–Trinajstić information content (AvgIpc) is 1.52. The van der Waals surface area contributed by atoms with Crippen molar-refractivity contribution >= 4 is 78.5 Å². The summed E-state index contributed by atoms with van der Waals surface area (Å²) < 4.78 is 95.2. The number of benzene rings is 3. The molecule has 584 valence electrons. The fourth-order valence-electron chi connectivity index (χ4n) is 17.6. The van der Waals surface area contributed by atoms with Gasteiger partial charge in [0, 0.05) is 80.7 Å². The molecule has 0 radical (unpaired) electrons. The predicted molar refractivity (Wildman–Crippen MR) is 393 cm³/mol. The molecular formula is C79H76F3N9O20S. The molecule has 18 rings (SSSR count). The third-order valence-electron chi connectivity index (χ3n) is 23.4. The number of nitrogens with one attached hydrogen (secondary N) is 2. The molecule has 33 heteroatoms. The van der Waals surface area contributed by atoms with Gasteiger partial charge in [0.2, 0.25) is 5.91 Å². The second-order valence-electron chi connectivity index (χ2n) is 29.6. The van der Waals surface area contributed by atoms with E-state index < -0.39 is 111 Å². The molecule has 9 aliphatic rings. The molecule has 6 aromatic heterocycles. The van der Waals surface area contributed by atoms with Gasteiger partial charge in [0.15, 0.2) is 23.4 Å². The molecule has 0 saturated heterocycles. The van der Waals surface area contributed by atoms with E-state index in [1.807, 2.05) is 0 Å². The molecular weight excluding hydrogens is 1480 g/mol. The Morgan fingerprint density at radius 3 is 1.17 bits per heavy atom. The third-order valence-corrected chi connectivity index (χ3v) is 23.4.